The second-order valence-electron chi connectivity index (χ2n) is 8.33. The number of ether oxygens (including phenoxy) is 2. The second-order valence-corrected chi connectivity index (χ2v) is 13.1. The third-order valence-electron chi connectivity index (χ3n) is 4.66. The van der Waals surface area contributed by atoms with Crippen molar-refractivity contribution in [2.75, 3.05) is 6.61 Å². The van der Waals surface area contributed by atoms with Gasteiger partial charge in [0.25, 0.3) is 0 Å². The van der Waals surface area contributed by atoms with Crippen LogP contribution in [0.15, 0.2) is 24.3 Å². The van der Waals surface area contributed by atoms with Crippen LogP contribution in [-0.4, -0.2) is 39.2 Å². The predicted molar refractivity (Wildman–Crippen MR) is 101 cm³/mol. The van der Waals surface area contributed by atoms with Crippen LogP contribution in [0.4, 0.5) is 0 Å². The summed E-state index contributed by atoms with van der Waals surface area (Å²) < 4.78 is 17.5. The molecule has 0 N–H and O–H groups in total. The van der Waals surface area contributed by atoms with Gasteiger partial charge in [-0.1, -0.05) is 45.1 Å². The normalized spacial score (nSPS) is 25.5. The second kappa shape index (κ2) is 8.56. The molecular formula is C19H34O4Si. The van der Waals surface area contributed by atoms with E-state index in [2.05, 4.69) is 39.9 Å². The summed E-state index contributed by atoms with van der Waals surface area (Å²) in [6.07, 6.45) is 10.00. The first kappa shape index (κ1) is 21.3. The van der Waals surface area contributed by atoms with Gasteiger partial charge in [0, 0.05) is 6.42 Å². The highest BCUT2D eigenvalue weighted by atomic mass is 28.4. The molecule has 4 nitrogen and oxygen atoms in total. The zero-order chi connectivity index (χ0) is 18.4. The minimum atomic E-state index is -1.67. The smallest absolute Gasteiger partial charge is 0.192 e. The summed E-state index contributed by atoms with van der Waals surface area (Å²) in [5, 5.41) is 0.235. The molecule has 0 aliphatic carbocycles. The van der Waals surface area contributed by atoms with Crippen molar-refractivity contribution in [3.63, 3.8) is 0 Å². The molecule has 0 aromatic rings. The van der Waals surface area contributed by atoms with Crippen LogP contribution in [0.3, 0.4) is 0 Å². The van der Waals surface area contributed by atoms with Gasteiger partial charge in [-0.25, -0.2) is 0 Å². The first-order valence-corrected chi connectivity index (χ1v) is 11.6. The van der Waals surface area contributed by atoms with E-state index in [1.807, 2.05) is 32.1 Å². The van der Waals surface area contributed by atoms with Crippen LogP contribution in [0.1, 0.15) is 47.5 Å². The Labute approximate surface area is 148 Å². The molecule has 0 unspecified atom stereocenters. The Kier molecular flexibility index (Phi) is 7.60. The molecule has 1 aliphatic rings. The lowest BCUT2D eigenvalue weighted by atomic mass is 10.1. The van der Waals surface area contributed by atoms with Crippen molar-refractivity contribution in [1.82, 2.24) is 0 Å². The molecule has 1 rings (SSSR count). The molecule has 1 fully saturated rings. The predicted octanol–water partition coefficient (Wildman–Crippen LogP) is 4.62. The van der Waals surface area contributed by atoms with Crippen molar-refractivity contribution < 1.29 is 18.7 Å². The van der Waals surface area contributed by atoms with E-state index in [9.17, 15) is 4.79 Å². The van der Waals surface area contributed by atoms with Crippen LogP contribution in [0.2, 0.25) is 18.1 Å². The lowest BCUT2D eigenvalue weighted by Gasteiger charge is -2.38. The summed E-state index contributed by atoms with van der Waals surface area (Å²) in [4.78, 5) is 11.0. The maximum atomic E-state index is 11.0. The number of carbonyl (C=O) groups excluding carboxylic acids is 1. The van der Waals surface area contributed by atoms with Gasteiger partial charge in [-0.3, -0.25) is 0 Å². The summed E-state index contributed by atoms with van der Waals surface area (Å²) in [7, 11) is -1.67. The van der Waals surface area contributed by atoms with Crippen molar-refractivity contribution in [2.45, 2.75) is 83.6 Å². The van der Waals surface area contributed by atoms with E-state index in [-0.39, 0.29) is 17.2 Å². The van der Waals surface area contributed by atoms with E-state index in [0.717, 1.165) is 12.7 Å². The summed E-state index contributed by atoms with van der Waals surface area (Å²) in [6, 6.07) is 0. The van der Waals surface area contributed by atoms with E-state index in [4.69, 9.17) is 13.9 Å². The number of allylic oxidation sites excluding steroid dienone is 2. The Morgan fingerprint density at radius 2 is 1.79 bits per heavy atom. The minimum Gasteiger partial charge on any atom is -0.413 e. The summed E-state index contributed by atoms with van der Waals surface area (Å²) in [5.41, 5.74) is 0. The van der Waals surface area contributed by atoms with Gasteiger partial charge in [0.15, 0.2) is 14.1 Å². The Hall–Kier alpha value is -0.753. The molecule has 0 aromatic heterocycles. The highest BCUT2D eigenvalue weighted by Crippen LogP contribution is 2.36. The Morgan fingerprint density at radius 1 is 1.17 bits per heavy atom. The monoisotopic (exact) mass is 354 g/mol. The third kappa shape index (κ3) is 7.01. The maximum Gasteiger partial charge on any atom is 0.192 e. The molecule has 1 heterocycles. The first-order valence-electron chi connectivity index (χ1n) is 8.73. The molecule has 0 spiro atoms. The quantitative estimate of drug-likeness (QED) is 0.380. The molecule has 24 heavy (non-hydrogen) atoms. The van der Waals surface area contributed by atoms with Crippen LogP contribution in [0.5, 0.6) is 0 Å². The summed E-state index contributed by atoms with van der Waals surface area (Å²) in [6.45, 7) is 15.6. The molecule has 1 saturated heterocycles. The SMILES string of the molecule is CC1(C)O[C@@H](C/C=C\C=C\CO[Si](C)(C)C(C)(C)C)C[C@H](C=O)O1. The Bertz CT molecular complexity index is 460. The maximum absolute atomic E-state index is 11.0. The fourth-order valence-electron chi connectivity index (χ4n) is 2.29. The van der Waals surface area contributed by atoms with Crippen molar-refractivity contribution in [3.05, 3.63) is 24.3 Å². The first-order chi connectivity index (χ1) is 11.0. The zero-order valence-corrected chi connectivity index (χ0v) is 17.3. The van der Waals surface area contributed by atoms with Gasteiger partial charge in [-0.05, 0) is 38.4 Å². The van der Waals surface area contributed by atoms with Gasteiger partial charge in [-0.2, -0.15) is 0 Å². The lowest BCUT2D eigenvalue weighted by Crippen LogP contribution is -2.45. The molecular weight excluding hydrogens is 320 g/mol. The number of aldehydes is 1. The van der Waals surface area contributed by atoms with Gasteiger partial charge in [-0.15, -0.1) is 0 Å². The number of carbonyl (C=O) groups is 1. The molecule has 5 heteroatoms. The average molecular weight is 355 g/mol. The summed E-state index contributed by atoms with van der Waals surface area (Å²) in [5.74, 6) is -0.699. The van der Waals surface area contributed by atoms with Crippen LogP contribution >= 0.6 is 0 Å². The third-order valence-corrected chi connectivity index (χ3v) is 9.16. The fraction of sp³-hybridized carbons (Fsp3) is 0.737. The number of rotatable bonds is 7. The standard InChI is InChI=1S/C19H34O4Si/c1-18(2,3)24(6,7)21-13-11-9-8-10-12-16-14-17(15-20)23-19(4,5)22-16/h8-11,15-17H,12-14H2,1-7H3/b10-8-,11-9+/t16-,17+/m0/s1. The molecule has 0 saturated carbocycles. The van der Waals surface area contributed by atoms with Crippen LogP contribution < -0.4 is 0 Å². The molecule has 1 aliphatic heterocycles. The molecule has 0 radical (unpaired) electrons. The average Bonchev–Trinajstić information content (AvgIpc) is 2.43. The summed E-state index contributed by atoms with van der Waals surface area (Å²) >= 11 is 0. The minimum absolute atomic E-state index is 0.0112. The molecule has 0 aromatic carbocycles. The van der Waals surface area contributed by atoms with Gasteiger partial charge in [0.05, 0.1) is 12.7 Å². The van der Waals surface area contributed by atoms with Crippen LogP contribution in [-0.2, 0) is 18.7 Å². The molecule has 0 bridgehead atoms. The van der Waals surface area contributed by atoms with Gasteiger partial charge in [0.2, 0.25) is 0 Å². The van der Waals surface area contributed by atoms with Gasteiger partial charge >= 0.3 is 0 Å². The fourth-order valence-corrected chi connectivity index (χ4v) is 3.24. The number of hydrogen-bond acceptors (Lipinski definition) is 4. The lowest BCUT2D eigenvalue weighted by molar-refractivity contribution is -0.290. The Balaban J connectivity index is 2.36. The van der Waals surface area contributed by atoms with E-state index < -0.39 is 14.1 Å². The van der Waals surface area contributed by atoms with Gasteiger partial charge in [0.1, 0.15) is 12.4 Å². The highest BCUT2D eigenvalue weighted by Gasteiger charge is 2.36. The van der Waals surface area contributed by atoms with E-state index in [0.29, 0.717) is 13.0 Å². The van der Waals surface area contributed by atoms with Crippen molar-refractivity contribution in [2.24, 2.45) is 0 Å². The number of hydrogen-bond donors (Lipinski definition) is 0. The Morgan fingerprint density at radius 3 is 2.38 bits per heavy atom. The van der Waals surface area contributed by atoms with Gasteiger partial charge < -0.3 is 18.7 Å². The van der Waals surface area contributed by atoms with Crippen molar-refractivity contribution in [3.8, 4) is 0 Å². The topological polar surface area (TPSA) is 44.8 Å². The van der Waals surface area contributed by atoms with E-state index in [1.165, 1.54) is 0 Å². The van der Waals surface area contributed by atoms with Crippen molar-refractivity contribution in [1.29, 1.82) is 0 Å². The highest BCUT2D eigenvalue weighted by molar-refractivity contribution is 6.74. The van der Waals surface area contributed by atoms with E-state index in [1.54, 1.807) is 0 Å². The van der Waals surface area contributed by atoms with Crippen LogP contribution in [0.25, 0.3) is 0 Å². The van der Waals surface area contributed by atoms with Crippen molar-refractivity contribution >= 4 is 14.6 Å². The molecule has 0 amide bonds. The molecule has 2 atom stereocenters. The molecule has 138 valence electrons. The van der Waals surface area contributed by atoms with E-state index >= 15 is 0 Å². The largest absolute Gasteiger partial charge is 0.413 e. The zero-order valence-electron chi connectivity index (χ0n) is 16.3. The van der Waals surface area contributed by atoms with Crippen LogP contribution in [0, 0.1) is 0 Å².